The molecule has 1 aromatic carbocycles. The van der Waals surface area contributed by atoms with Crippen LogP contribution in [0.25, 0.3) is 5.57 Å². The molecule has 33 heavy (non-hydrogen) atoms. The lowest BCUT2D eigenvalue weighted by molar-refractivity contribution is -0.384. The number of ether oxygens (including phenoxy) is 1. The van der Waals surface area contributed by atoms with Crippen molar-refractivity contribution in [2.45, 2.75) is 39.0 Å². The first kappa shape index (κ1) is 20.8. The molecule has 11 nitrogen and oxygen atoms in total. The zero-order chi connectivity index (χ0) is 23.8. The monoisotopic (exact) mass is 451 g/mol. The Balaban J connectivity index is 1.73. The smallest absolute Gasteiger partial charge is 0.343 e. The summed E-state index contributed by atoms with van der Waals surface area (Å²) in [5.74, 6) is -2.22. The number of pyridine rings is 1. The van der Waals surface area contributed by atoms with Crippen molar-refractivity contribution in [2.75, 3.05) is 5.32 Å². The molecule has 0 spiro atoms. The van der Waals surface area contributed by atoms with Crippen LogP contribution in [-0.4, -0.2) is 32.3 Å². The van der Waals surface area contributed by atoms with Gasteiger partial charge in [0, 0.05) is 22.8 Å². The molecule has 1 amide bonds. The van der Waals surface area contributed by atoms with Gasteiger partial charge in [-0.1, -0.05) is 6.92 Å². The number of nitrogens with zero attached hydrogens (tertiary/aromatic N) is 2. The highest BCUT2D eigenvalue weighted by atomic mass is 16.6. The maximum absolute atomic E-state index is 13.3. The number of allylic oxidation sites excluding steroid dienone is 1. The fourth-order valence-electron chi connectivity index (χ4n) is 4.66. The number of carbonyl (C=O) groups excluding carboxylic acids is 3. The van der Waals surface area contributed by atoms with Crippen molar-refractivity contribution < 1.29 is 29.2 Å². The zero-order valence-electron chi connectivity index (χ0n) is 17.6. The minimum Gasteiger partial charge on any atom is -0.458 e. The fourth-order valence-corrected chi connectivity index (χ4v) is 4.66. The third kappa shape index (κ3) is 2.65. The minimum absolute atomic E-state index is 0.00196. The maximum Gasteiger partial charge on any atom is 0.343 e. The molecular formula is C22H17N3O8. The first-order valence-electron chi connectivity index (χ1n) is 10.1. The van der Waals surface area contributed by atoms with Crippen LogP contribution in [0, 0.1) is 17.0 Å². The van der Waals surface area contributed by atoms with Gasteiger partial charge in [0.15, 0.2) is 5.60 Å². The molecule has 0 saturated carbocycles. The van der Waals surface area contributed by atoms with Crippen molar-refractivity contribution in [3.05, 3.63) is 72.2 Å². The molecule has 168 valence electrons. The van der Waals surface area contributed by atoms with Crippen molar-refractivity contribution in [3.63, 3.8) is 0 Å². The number of hydrogen-bond donors (Lipinski definition) is 2. The van der Waals surface area contributed by atoms with E-state index < -0.39 is 33.7 Å². The number of nitro groups is 1. The zero-order valence-corrected chi connectivity index (χ0v) is 17.6. The van der Waals surface area contributed by atoms with Gasteiger partial charge in [-0.25, -0.2) is 4.79 Å². The van der Waals surface area contributed by atoms with Crippen LogP contribution in [0.1, 0.15) is 46.1 Å². The summed E-state index contributed by atoms with van der Waals surface area (Å²) in [5, 5.41) is 24.8. The number of aryl methyl sites for hydroxylation is 1. The van der Waals surface area contributed by atoms with Crippen molar-refractivity contribution in [1.29, 1.82) is 0 Å². The van der Waals surface area contributed by atoms with Crippen molar-refractivity contribution in [3.8, 4) is 0 Å². The van der Waals surface area contributed by atoms with Gasteiger partial charge in [-0.2, -0.15) is 0 Å². The number of Topliss-reactive ketones (excluding diaryl/α,β-unsaturated/α-hetero) is 1. The Bertz CT molecular complexity index is 1430. The molecule has 2 aromatic rings. The number of cyclic esters (lactones) is 1. The average molecular weight is 451 g/mol. The van der Waals surface area contributed by atoms with E-state index in [0.717, 1.165) is 4.57 Å². The molecule has 0 fully saturated rings. The number of ketones is 1. The first-order valence-corrected chi connectivity index (χ1v) is 10.1. The Labute approximate surface area is 185 Å². The summed E-state index contributed by atoms with van der Waals surface area (Å²) in [4.78, 5) is 62.3. The van der Waals surface area contributed by atoms with Crippen LogP contribution < -0.4 is 10.9 Å². The largest absolute Gasteiger partial charge is 0.458 e. The highest BCUT2D eigenvalue weighted by Crippen LogP contribution is 2.43. The van der Waals surface area contributed by atoms with Crippen LogP contribution in [0.15, 0.2) is 28.6 Å². The summed E-state index contributed by atoms with van der Waals surface area (Å²) in [6.45, 7) is 2.60. The van der Waals surface area contributed by atoms with Gasteiger partial charge in [0.2, 0.25) is 5.78 Å². The second kappa shape index (κ2) is 6.69. The second-order valence-electron chi connectivity index (χ2n) is 8.20. The number of fused-ring (bicyclic) bond motifs is 3. The number of nitrogens with one attached hydrogen (secondary N) is 1. The van der Waals surface area contributed by atoms with E-state index in [4.69, 9.17) is 4.74 Å². The number of aliphatic hydroxyl groups is 1. The van der Waals surface area contributed by atoms with Gasteiger partial charge in [-0.3, -0.25) is 24.5 Å². The predicted molar refractivity (Wildman–Crippen MR) is 112 cm³/mol. The molecule has 11 heteroatoms. The molecular weight excluding hydrogens is 434 g/mol. The maximum atomic E-state index is 13.3. The van der Waals surface area contributed by atoms with Gasteiger partial charge >= 0.3 is 5.97 Å². The average Bonchev–Trinajstić information content (AvgIpc) is 3.26. The number of rotatable bonds is 2. The van der Waals surface area contributed by atoms with Gasteiger partial charge in [-0.15, -0.1) is 0 Å². The summed E-state index contributed by atoms with van der Waals surface area (Å²) in [5.41, 5.74) is -2.29. The van der Waals surface area contributed by atoms with E-state index in [1.165, 1.54) is 12.1 Å². The second-order valence-corrected chi connectivity index (χ2v) is 8.20. The van der Waals surface area contributed by atoms with E-state index in [2.05, 4.69) is 5.32 Å². The molecule has 3 aliphatic rings. The number of esters is 1. The van der Waals surface area contributed by atoms with Crippen LogP contribution in [0.2, 0.25) is 0 Å². The highest BCUT2D eigenvalue weighted by Gasteiger charge is 2.46. The third-order valence-electron chi connectivity index (χ3n) is 6.36. The topological polar surface area (TPSA) is 158 Å². The van der Waals surface area contributed by atoms with Crippen molar-refractivity contribution in [2.24, 2.45) is 0 Å². The Morgan fingerprint density at radius 2 is 1.97 bits per heavy atom. The number of amides is 1. The number of anilines is 1. The number of nitro benzene ring substituents is 1. The summed E-state index contributed by atoms with van der Waals surface area (Å²) in [7, 11) is 0. The number of hydrogen-bond acceptors (Lipinski definition) is 8. The van der Waals surface area contributed by atoms with Crippen LogP contribution in [-0.2, 0) is 33.1 Å². The molecule has 0 bridgehead atoms. The van der Waals surface area contributed by atoms with E-state index in [-0.39, 0.29) is 64.5 Å². The number of carbonyl (C=O) groups is 3. The normalized spacial score (nSPS) is 23.1. The lowest BCUT2D eigenvalue weighted by Crippen LogP contribution is -2.44. The molecule has 0 radical (unpaired) electrons. The standard InChI is InChI=1S/C22H17N3O8/c1-3-22(30)13-6-15-18(26)11(7-24(15)20(28)12(13)8-33-21(22)29)16-10-4-9(2)5-14(25(31)32)17(10)23-19(16)27/h4-6,30H,3,7-8H2,1-2H3,(H,23,27)/b16-11+/t22-/m1/s1. The minimum atomic E-state index is -2.06. The van der Waals surface area contributed by atoms with Crippen molar-refractivity contribution in [1.82, 2.24) is 4.57 Å². The predicted octanol–water partition coefficient (Wildman–Crippen LogP) is 1.32. The molecule has 0 saturated heterocycles. The number of aromatic nitrogens is 1. The molecule has 1 aromatic heterocycles. The van der Waals surface area contributed by atoms with E-state index >= 15 is 0 Å². The van der Waals surface area contributed by atoms with Gasteiger partial charge in [0.25, 0.3) is 17.2 Å². The van der Waals surface area contributed by atoms with Gasteiger partial charge < -0.3 is 19.7 Å². The summed E-state index contributed by atoms with van der Waals surface area (Å²) < 4.78 is 6.15. The highest BCUT2D eigenvalue weighted by molar-refractivity contribution is 6.37. The lowest BCUT2D eigenvalue weighted by Gasteiger charge is -2.31. The SMILES string of the molecule is CC[C@]1(O)C(=O)OCc2c1cc1n(c2=O)C/C(=C2\C(=O)Nc3c2cc(C)cc3[N+](=O)[O-])C1=O. The van der Waals surface area contributed by atoms with Crippen LogP contribution in [0.5, 0.6) is 0 Å². The summed E-state index contributed by atoms with van der Waals surface area (Å²) in [6.07, 6.45) is -0.0669. The van der Waals surface area contributed by atoms with Gasteiger partial charge in [-0.05, 0) is 31.0 Å². The first-order chi connectivity index (χ1) is 15.6. The van der Waals surface area contributed by atoms with E-state index in [1.54, 1.807) is 19.9 Å². The fraction of sp³-hybridized carbons (Fsp3) is 0.273. The molecule has 1 atom stereocenters. The Kier molecular flexibility index (Phi) is 4.21. The summed E-state index contributed by atoms with van der Waals surface area (Å²) >= 11 is 0. The van der Waals surface area contributed by atoms with Crippen LogP contribution in [0.4, 0.5) is 11.4 Å². The Morgan fingerprint density at radius 3 is 2.64 bits per heavy atom. The van der Waals surface area contributed by atoms with Crippen LogP contribution in [0.3, 0.4) is 0 Å². The lowest BCUT2D eigenvalue weighted by atomic mass is 9.86. The Morgan fingerprint density at radius 1 is 1.24 bits per heavy atom. The van der Waals surface area contributed by atoms with E-state index in [9.17, 15) is 34.4 Å². The Hall–Kier alpha value is -4.12. The molecule has 4 heterocycles. The van der Waals surface area contributed by atoms with Gasteiger partial charge in [0.05, 0.1) is 28.3 Å². The van der Waals surface area contributed by atoms with Gasteiger partial charge in [0.1, 0.15) is 12.3 Å². The molecule has 3 aliphatic heterocycles. The summed E-state index contributed by atoms with van der Waals surface area (Å²) in [6, 6.07) is 4.18. The van der Waals surface area contributed by atoms with Crippen molar-refractivity contribution >= 4 is 34.6 Å². The molecule has 2 N–H and O–H groups in total. The van der Waals surface area contributed by atoms with Crippen LogP contribution >= 0.6 is 0 Å². The molecule has 0 aliphatic carbocycles. The molecule has 0 unspecified atom stereocenters. The van der Waals surface area contributed by atoms with E-state index in [1.807, 2.05) is 0 Å². The van der Waals surface area contributed by atoms with E-state index in [0.29, 0.717) is 5.56 Å². The molecule has 5 rings (SSSR count). The third-order valence-corrected chi connectivity index (χ3v) is 6.36. The quantitative estimate of drug-likeness (QED) is 0.299. The number of benzene rings is 1.